The van der Waals surface area contributed by atoms with Gasteiger partial charge in [0.2, 0.25) is 0 Å². The quantitative estimate of drug-likeness (QED) is 0.342. The minimum absolute atomic E-state index is 0.0214. The largest absolute Gasteiger partial charge is 0.352 e. The van der Waals surface area contributed by atoms with Crippen molar-refractivity contribution in [3.63, 3.8) is 0 Å². The van der Waals surface area contributed by atoms with Gasteiger partial charge in [0.1, 0.15) is 0 Å². The smallest absolute Gasteiger partial charge is 0.280 e. The molecular formula is C19H22N2O2. The SMILES string of the molecule is CC(=NOCON=C(C)c1ccc(C)cc1)c1ccc(C)cc1. The van der Waals surface area contributed by atoms with Crippen LogP contribution in [0.3, 0.4) is 0 Å². The molecule has 0 amide bonds. The molecule has 0 atom stereocenters. The number of aryl methyl sites for hydroxylation is 2. The molecule has 4 nitrogen and oxygen atoms in total. The molecule has 0 unspecified atom stereocenters. The first-order chi connectivity index (χ1) is 11.1. The molecule has 2 aromatic rings. The Labute approximate surface area is 137 Å². The molecule has 23 heavy (non-hydrogen) atoms. The van der Waals surface area contributed by atoms with Gasteiger partial charge in [-0.3, -0.25) is 0 Å². The minimum Gasteiger partial charge on any atom is -0.352 e. The van der Waals surface area contributed by atoms with Crippen molar-refractivity contribution in [2.75, 3.05) is 6.79 Å². The summed E-state index contributed by atoms with van der Waals surface area (Å²) < 4.78 is 0. The van der Waals surface area contributed by atoms with Gasteiger partial charge in [0.25, 0.3) is 6.79 Å². The fourth-order valence-electron chi connectivity index (χ4n) is 1.96. The maximum Gasteiger partial charge on any atom is 0.280 e. The van der Waals surface area contributed by atoms with Gasteiger partial charge in [-0.05, 0) is 38.8 Å². The van der Waals surface area contributed by atoms with Crippen LogP contribution in [0.15, 0.2) is 58.8 Å². The van der Waals surface area contributed by atoms with Crippen LogP contribution in [0.5, 0.6) is 0 Å². The van der Waals surface area contributed by atoms with Gasteiger partial charge < -0.3 is 9.68 Å². The summed E-state index contributed by atoms with van der Waals surface area (Å²) in [6, 6.07) is 16.2. The molecule has 0 fully saturated rings. The van der Waals surface area contributed by atoms with Crippen LogP contribution in [0.2, 0.25) is 0 Å². The van der Waals surface area contributed by atoms with E-state index in [2.05, 4.69) is 24.2 Å². The molecule has 0 aliphatic carbocycles. The molecular weight excluding hydrogens is 288 g/mol. The topological polar surface area (TPSA) is 43.2 Å². The molecule has 2 aromatic carbocycles. The van der Waals surface area contributed by atoms with Crippen LogP contribution < -0.4 is 0 Å². The van der Waals surface area contributed by atoms with E-state index >= 15 is 0 Å². The molecule has 0 saturated carbocycles. The van der Waals surface area contributed by atoms with Crippen LogP contribution in [0, 0.1) is 13.8 Å². The number of nitrogens with zero attached hydrogens (tertiary/aromatic N) is 2. The first-order valence-corrected chi connectivity index (χ1v) is 7.53. The molecule has 120 valence electrons. The Hall–Kier alpha value is -2.62. The number of oxime groups is 2. The summed E-state index contributed by atoms with van der Waals surface area (Å²) in [5, 5.41) is 8.06. The van der Waals surface area contributed by atoms with Crippen molar-refractivity contribution in [2.45, 2.75) is 27.7 Å². The molecule has 0 radical (unpaired) electrons. The third-order valence-electron chi connectivity index (χ3n) is 3.45. The molecule has 0 aliphatic rings. The first-order valence-electron chi connectivity index (χ1n) is 7.53. The molecule has 0 N–H and O–H groups in total. The number of hydrogen-bond donors (Lipinski definition) is 0. The third kappa shape index (κ3) is 5.25. The zero-order chi connectivity index (χ0) is 16.7. The van der Waals surface area contributed by atoms with Gasteiger partial charge >= 0.3 is 0 Å². The maximum atomic E-state index is 5.14. The van der Waals surface area contributed by atoms with Crippen molar-refractivity contribution in [1.82, 2.24) is 0 Å². The molecule has 0 saturated heterocycles. The van der Waals surface area contributed by atoms with Crippen molar-refractivity contribution in [3.05, 3.63) is 70.8 Å². The monoisotopic (exact) mass is 310 g/mol. The molecule has 2 rings (SSSR count). The molecule has 0 aliphatic heterocycles. The summed E-state index contributed by atoms with van der Waals surface area (Å²) in [4.78, 5) is 10.3. The van der Waals surface area contributed by atoms with Gasteiger partial charge in [0, 0.05) is 0 Å². The second-order valence-corrected chi connectivity index (χ2v) is 5.46. The Bertz CT molecular complexity index is 625. The lowest BCUT2D eigenvalue weighted by molar-refractivity contribution is -0.0505. The first kappa shape index (κ1) is 16.7. The maximum absolute atomic E-state index is 5.14. The van der Waals surface area contributed by atoms with Crippen molar-refractivity contribution < 1.29 is 9.68 Å². The van der Waals surface area contributed by atoms with E-state index in [-0.39, 0.29) is 6.79 Å². The van der Waals surface area contributed by atoms with E-state index in [1.165, 1.54) is 11.1 Å². The van der Waals surface area contributed by atoms with E-state index in [1.54, 1.807) is 0 Å². The van der Waals surface area contributed by atoms with Crippen molar-refractivity contribution in [1.29, 1.82) is 0 Å². The summed E-state index contributed by atoms with van der Waals surface area (Å²) in [7, 11) is 0. The highest BCUT2D eigenvalue weighted by Gasteiger charge is 1.99. The second kappa shape index (κ2) is 8.13. The second-order valence-electron chi connectivity index (χ2n) is 5.46. The summed E-state index contributed by atoms with van der Waals surface area (Å²) in [5.41, 5.74) is 6.07. The number of benzene rings is 2. The van der Waals surface area contributed by atoms with Crippen LogP contribution in [-0.4, -0.2) is 18.2 Å². The third-order valence-corrected chi connectivity index (χ3v) is 3.45. The van der Waals surface area contributed by atoms with Crippen LogP contribution in [-0.2, 0) is 9.68 Å². The van der Waals surface area contributed by atoms with Gasteiger partial charge in [0.05, 0.1) is 11.4 Å². The average Bonchev–Trinajstić information content (AvgIpc) is 2.55. The lowest BCUT2D eigenvalue weighted by Gasteiger charge is -2.04. The van der Waals surface area contributed by atoms with E-state index in [0.717, 1.165) is 22.6 Å². The van der Waals surface area contributed by atoms with Gasteiger partial charge in [-0.1, -0.05) is 70.0 Å². The normalized spacial score (nSPS) is 12.2. The number of hydrogen-bond acceptors (Lipinski definition) is 4. The fourth-order valence-corrected chi connectivity index (χ4v) is 1.96. The van der Waals surface area contributed by atoms with E-state index < -0.39 is 0 Å². The van der Waals surface area contributed by atoms with Gasteiger partial charge in [-0.15, -0.1) is 0 Å². The highest BCUT2D eigenvalue weighted by Crippen LogP contribution is 2.06. The van der Waals surface area contributed by atoms with E-state index in [1.807, 2.05) is 62.4 Å². The Morgan fingerprint density at radius 3 is 1.39 bits per heavy atom. The Morgan fingerprint density at radius 1 is 0.696 bits per heavy atom. The Morgan fingerprint density at radius 2 is 1.04 bits per heavy atom. The zero-order valence-corrected chi connectivity index (χ0v) is 14.0. The predicted molar refractivity (Wildman–Crippen MR) is 93.8 cm³/mol. The van der Waals surface area contributed by atoms with Crippen molar-refractivity contribution in [2.24, 2.45) is 10.3 Å². The summed E-state index contributed by atoms with van der Waals surface area (Å²) >= 11 is 0. The van der Waals surface area contributed by atoms with E-state index in [9.17, 15) is 0 Å². The summed E-state index contributed by atoms with van der Waals surface area (Å²) in [6.07, 6.45) is 0. The summed E-state index contributed by atoms with van der Waals surface area (Å²) in [5.74, 6) is 0. The molecule has 4 heteroatoms. The van der Waals surface area contributed by atoms with Gasteiger partial charge in [-0.25, -0.2) is 0 Å². The molecule has 0 heterocycles. The Kier molecular flexibility index (Phi) is 5.92. The highest BCUT2D eigenvalue weighted by molar-refractivity contribution is 5.98. The van der Waals surface area contributed by atoms with E-state index in [0.29, 0.717) is 0 Å². The lowest BCUT2D eigenvalue weighted by Crippen LogP contribution is -2.00. The van der Waals surface area contributed by atoms with Crippen molar-refractivity contribution >= 4 is 11.4 Å². The van der Waals surface area contributed by atoms with Crippen LogP contribution >= 0.6 is 0 Å². The van der Waals surface area contributed by atoms with Gasteiger partial charge in [0.15, 0.2) is 0 Å². The molecule has 0 bridgehead atoms. The molecule has 0 aromatic heterocycles. The summed E-state index contributed by atoms with van der Waals surface area (Å²) in [6.45, 7) is 7.87. The lowest BCUT2D eigenvalue weighted by atomic mass is 10.1. The predicted octanol–water partition coefficient (Wildman–Crippen LogP) is 4.44. The fraction of sp³-hybridized carbons (Fsp3) is 0.263. The van der Waals surface area contributed by atoms with Gasteiger partial charge in [-0.2, -0.15) is 0 Å². The molecule has 0 spiro atoms. The Balaban J connectivity index is 1.82. The number of rotatable bonds is 6. The van der Waals surface area contributed by atoms with E-state index in [4.69, 9.17) is 9.68 Å². The zero-order valence-electron chi connectivity index (χ0n) is 14.0. The van der Waals surface area contributed by atoms with Crippen LogP contribution in [0.1, 0.15) is 36.1 Å². The minimum atomic E-state index is -0.0214. The van der Waals surface area contributed by atoms with Crippen molar-refractivity contribution in [3.8, 4) is 0 Å². The van der Waals surface area contributed by atoms with Crippen LogP contribution in [0.4, 0.5) is 0 Å². The average molecular weight is 310 g/mol. The van der Waals surface area contributed by atoms with Crippen LogP contribution in [0.25, 0.3) is 0 Å². The standard InChI is InChI=1S/C19H22N2O2/c1-14-5-9-18(10-6-14)16(3)20-22-13-23-21-17(4)19-11-7-15(2)8-12-19/h5-12H,13H2,1-4H3. The highest BCUT2D eigenvalue weighted by atomic mass is 16.8.